The SMILES string of the molecule is Cc1ccccc1-c1cccc(-n2c3ccccc3c3c(C(C)(C)C)c4c5ccccc5n(-c5cc(C(C)(C)C)ccn5)c4nc32)c1. The molecule has 0 unspecified atom stereocenters. The van der Waals surface area contributed by atoms with Gasteiger partial charge < -0.3 is 0 Å². The number of rotatable bonds is 3. The zero-order valence-corrected chi connectivity index (χ0v) is 28.3. The fourth-order valence-corrected chi connectivity index (χ4v) is 7.34. The van der Waals surface area contributed by atoms with Crippen LogP contribution in [0.15, 0.2) is 115 Å². The summed E-state index contributed by atoms with van der Waals surface area (Å²) >= 11 is 0. The molecule has 4 heteroatoms. The second-order valence-corrected chi connectivity index (χ2v) is 14.9. The van der Waals surface area contributed by atoms with Gasteiger partial charge in [-0.1, -0.05) is 114 Å². The van der Waals surface area contributed by atoms with Crippen LogP contribution in [-0.4, -0.2) is 19.1 Å². The van der Waals surface area contributed by atoms with Gasteiger partial charge >= 0.3 is 0 Å². The van der Waals surface area contributed by atoms with E-state index in [0.29, 0.717) is 0 Å². The Balaban J connectivity index is 1.56. The Labute approximate surface area is 276 Å². The number of fused-ring (bicyclic) bond motifs is 6. The maximum atomic E-state index is 5.68. The van der Waals surface area contributed by atoms with Gasteiger partial charge in [-0.25, -0.2) is 9.97 Å². The lowest BCUT2D eigenvalue weighted by Crippen LogP contribution is -2.14. The number of hydrogen-bond acceptors (Lipinski definition) is 2. The van der Waals surface area contributed by atoms with Crippen LogP contribution >= 0.6 is 0 Å². The first-order valence-electron chi connectivity index (χ1n) is 16.5. The summed E-state index contributed by atoms with van der Waals surface area (Å²) in [5, 5.41) is 4.82. The minimum atomic E-state index is -0.174. The molecule has 4 aromatic heterocycles. The van der Waals surface area contributed by atoms with Crippen LogP contribution in [-0.2, 0) is 10.8 Å². The minimum Gasteiger partial charge on any atom is -0.294 e. The number of aromatic nitrogens is 4. The van der Waals surface area contributed by atoms with Gasteiger partial charge in [-0.2, -0.15) is 0 Å². The number of benzene rings is 4. The highest BCUT2D eigenvalue weighted by molar-refractivity contribution is 6.20. The first kappa shape index (κ1) is 29.2. The zero-order chi connectivity index (χ0) is 32.7. The van der Waals surface area contributed by atoms with Crippen LogP contribution in [0.5, 0.6) is 0 Å². The first-order valence-corrected chi connectivity index (χ1v) is 16.5. The summed E-state index contributed by atoms with van der Waals surface area (Å²) in [6, 6.07) is 39.3. The van der Waals surface area contributed by atoms with Gasteiger partial charge in [-0.15, -0.1) is 0 Å². The third-order valence-electron chi connectivity index (χ3n) is 9.56. The second-order valence-electron chi connectivity index (χ2n) is 14.9. The molecule has 0 saturated heterocycles. The van der Waals surface area contributed by atoms with Gasteiger partial charge in [0.25, 0.3) is 0 Å². The van der Waals surface area contributed by atoms with E-state index in [4.69, 9.17) is 9.97 Å². The summed E-state index contributed by atoms with van der Waals surface area (Å²) < 4.78 is 4.64. The molecule has 0 aliphatic carbocycles. The molecule has 0 atom stereocenters. The topological polar surface area (TPSA) is 35.6 Å². The smallest absolute Gasteiger partial charge is 0.149 e. The summed E-state index contributed by atoms with van der Waals surface area (Å²) in [6.07, 6.45) is 1.94. The van der Waals surface area contributed by atoms with Crippen LogP contribution in [0, 0.1) is 6.92 Å². The highest BCUT2D eigenvalue weighted by Crippen LogP contribution is 2.45. The molecule has 47 heavy (non-hydrogen) atoms. The molecule has 0 aliphatic rings. The van der Waals surface area contributed by atoms with Crippen LogP contribution in [0.4, 0.5) is 0 Å². The number of aryl methyl sites for hydroxylation is 1. The summed E-state index contributed by atoms with van der Waals surface area (Å²) in [6.45, 7) is 15.9. The molecule has 0 radical (unpaired) electrons. The molecule has 0 N–H and O–H groups in total. The molecule has 8 aromatic rings. The first-order chi connectivity index (χ1) is 22.5. The Kier molecular flexibility index (Phi) is 6.46. The molecule has 232 valence electrons. The number of hydrogen-bond donors (Lipinski definition) is 0. The molecule has 0 saturated carbocycles. The molecule has 4 aromatic carbocycles. The van der Waals surface area contributed by atoms with E-state index < -0.39 is 0 Å². The van der Waals surface area contributed by atoms with Crippen molar-refractivity contribution in [1.82, 2.24) is 19.1 Å². The molecular formula is C43H40N4. The highest BCUT2D eigenvalue weighted by atomic mass is 15.1. The predicted octanol–water partition coefficient (Wildman–Crippen LogP) is 11.2. The van der Waals surface area contributed by atoms with Crippen LogP contribution < -0.4 is 0 Å². The van der Waals surface area contributed by atoms with E-state index in [1.54, 1.807) is 0 Å². The lowest BCUT2D eigenvalue weighted by molar-refractivity contribution is 0.588. The monoisotopic (exact) mass is 612 g/mol. The number of para-hydroxylation sites is 2. The van der Waals surface area contributed by atoms with Crippen molar-refractivity contribution < 1.29 is 0 Å². The molecule has 0 fully saturated rings. The summed E-state index contributed by atoms with van der Waals surface area (Å²) in [4.78, 5) is 10.6. The Morgan fingerprint density at radius 2 is 1.19 bits per heavy atom. The van der Waals surface area contributed by atoms with Crippen LogP contribution in [0.3, 0.4) is 0 Å². The van der Waals surface area contributed by atoms with Crippen LogP contribution in [0.25, 0.3) is 66.5 Å². The lowest BCUT2D eigenvalue weighted by Gasteiger charge is -2.23. The molecule has 8 rings (SSSR count). The Morgan fingerprint density at radius 1 is 0.574 bits per heavy atom. The van der Waals surface area contributed by atoms with Crippen LogP contribution in [0.1, 0.15) is 58.2 Å². The molecule has 4 nitrogen and oxygen atoms in total. The molecule has 0 amide bonds. The average Bonchev–Trinajstić information content (AvgIpc) is 3.55. The zero-order valence-electron chi connectivity index (χ0n) is 28.3. The van der Waals surface area contributed by atoms with Crippen molar-refractivity contribution in [1.29, 1.82) is 0 Å². The molecule has 0 bridgehead atoms. The van der Waals surface area contributed by atoms with Gasteiger partial charge in [-0.05, 0) is 82.0 Å². The van der Waals surface area contributed by atoms with Gasteiger partial charge in [0.15, 0.2) is 0 Å². The average molecular weight is 613 g/mol. The standard InChI is InChI=1S/C43H40N4/c1-27-15-8-9-18-31(27)28-16-14-17-30(25-28)46-34-21-12-10-19-32(34)37-39(43(5,6)7)38-33-20-11-13-22-35(33)47(41(38)45-40(37)46)36-26-29(23-24-44-36)42(2,3)4/h8-26H,1-7H3. The van der Waals surface area contributed by atoms with Crippen LogP contribution in [0.2, 0.25) is 0 Å². The minimum absolute atomic E-state index is 0.0116. The highest BCUT2D eigenvalue weighted by Gasteiger charge is 2.30. The number of nitrogens with zero attached hydrogens (tertiary/aromatic N) is 4. The lowest BCUT2D eigenvalue weighted by atomic mass is 9.82. The summed E-state index contributed by atoms with van der Waals surface area (Å²) in [5.74, 6) is 0.888. The van der Waals surface area contributed by atoms with Gasteiger partial charge in [-0.3, -0.25) is 9.13 Å². The van der Waals surface area contributed by atoms with Crippen molar-refractivity contribution in [2.45, 2.75) is 59.3 Å². The van der Waals surface area contributed by atoms with E-state index >= 15 is 0 Å². The number of pyridine rings is 2. The summed E-state index contributed by atoms with van der Waals surface area (Å²) in [7, 11) is 0. The maximum absolute atomic E-state index is 5.68. The Bertz CT molecular complexity index is 2500. The Hall–Kier alpha value is -5.22. The molecular weight excluding hydrogens is 573 g/mol. The van der Waals surface area contributed by atoms with Gasteiger partial charge in [0.05, 0.1) is 11.0 Å². The fraction of sp³-hybridized carbons (Fsp3) is 0.209. The van der Waals surface area contributed by atoms with E-state index in [0.717, 1.165) is 33.8 Å². The van der Waals surface area contributed by atoms with E-state index in [-0.39, 0.29) is 10.8 Å². The molecule has 4 heterocycles. The second kappa shape index (κ2) is 10.4. The fourth-order valence-electron chi connectivity index (χ4n) is 7.34. The van der Waals surface area contributed by atoms with Crippen molar-refractivity contribution in [3.8, 4) is 22.6 Å². The Morgan fingerprint density at radius 3 is 1.85 bits per heavy atom. The largest absolute Gasteiger partial charge is 0.294 e. The third kappa shape index (κ3) is 4.58. The third-order valence-corrected chi connectivity index (χ3v) is 9.56. The van der Waals surface area contributed by atoms with E-state index in [1.165, 1.54) is 49.4 Å². The quantitative estimate of drug-likeness (QED) is 0.199. The summed E-state index contributed by atoms with van der Waals surface area (Å²) in [5.41, 5.74) is 11.3. The molecule has 0 aliphatic heterocycles. The van der Waals surface area contributed by atoms with Crippen molar-refractivity contribution in [2.24, 2.45) is 0 Å². The van der Waals surface area contributed by atoms with Crippen molar-refractivity contribution >= 4 is 43.9 Å². The van der Waals surface area contributed by atoms with E-state index in [2.05, 4.69) is 167 Å². The van der Waals surface area contributed by atoms with E-state index in [9.17, 15) is 0 Å². The van der Waals surface area contributed by atoms with Gasteiger partial charge in [0, 0.05) is 33.4 Å². The van der Waals surface area contributed by atoms with Gasteiger partial charge in [0.2, 0.25) is 0 Å². The molecule has 0 spiro atoms. The van der Waals surface area contributed by atoms with Crippen molar-refractivity contribution in [2.75, 3.05) is 0 Å². The van der Waals surface area contributed by atoms with Gasteiger partial charge in [0.1, 0.15) is 17.1 Å². The van der Waals surface area contributed by atoms with Crippen molar-refractivity contribution in [3.63, 3.8) is 0 Å². The van der Waals surface area contributed by atoms with E-state index in [1.807, 2.05) is 6.20 Å². The van der Waals surface area contributed by atoms with Crippen molar-refractivity contribution in [3.05, 3.63) is 132 Å². The normalized spacial score (nSPS) is 12.6. The maximum Gasteiger partial charge on any atom is 0.149 e. The predicted molar refractivity (Wildman–Crippen MR) is 198 cm³/mol.